The number of amides is 1. The Morgan fingerprint density at radius 3 is 3.00 bits per heavy atom. The Labute approximate surface area is 183 Å². The van der Waals surface area contributed by atoms with Gasteiger partial charge >= 0.3 is 0 Å². The molecule has 0 aliphatic heterocycles. The highest BCUT2D eigenvalue weighted by Crippen LogP contribution is 2.38. The highest BCUT2D eigenvalue weighted by atomic mass is 35.5. The fraction of sp³-hybridized carbons (Fsp3) is 0.381. The summed E-state index contributed by atoms with van der Waals surface area (Å²) in [6, 6.07) is 9.49. The molecule has 0 radical (unpaired) electrons. The van der Waals surface area contributed by atoms with Crippen LogP contribution in [-0.4, -0.2) is 26.4 Å². The van der Waals surface area contributed by atoms with Crippen LogP contribution in [0.5, 0.6) is 0 Å². The maximum atomic E-state index is 12.3. The summed E-state index contributed by atoms with van der Waals surface area (Å²) in [7, 11) is 1.96. The molecule has 2 aromatic heterocycles. The van der Waals surface area contributed by atoms with Crippen LogP contribution in [0.4, 0.5) is 5.69 Å². The first-order valence-electron chi connectivity index (χ1n) is 9.73. The van der Waals surface area contributed by atoms with E-state index in [1.165, 1.54) is 47.9 Å². The average Bonchev–Trinajstić information content (AvgIpc) is 3.30. The van der Waals surface area contributed by atoms with E-state index in [-0.39, 0.29) is 11.7 Å². The van der Waals surface area contributed by atoms with Gasteiger partial charge < -0.3 is 9.88 Å². The molecule has 1 amide bonds. The summed E-state index contributed by atoms with van der Waals surface area (Å²) in [5.41, 5.74) is 2.09. The lowest BCUT2D eigenvalue weighted by Crippen LogP contribution is -2.14. The summed E-state index contributed by atoms with van der Waals surface area (Å²) in [5, 5.41) is 12.8. The minimum absolute atomic E-state index is 0.121. The van der Waals surface area contributed by atoms with Crippen LogP contribution in [0.3, 0.4) is 0 Å². The number of nitrogens with zero attached hydrogens (tertiary/aromatic N) is 3. The zero-order valence-corrected chi connectivity index (χ0v) is 18.8. The van der Waals surface area contributed by atoms with Crippen molar-refractivity contribution in [2.24, 2.45) is 13.0 Å². The highest BCUT2D eigenvalue weighted by molar-refractivity contribution is 7.99. The Morgan fingerprint density at radius 1 is 1.38 bits per heavy atom. The zero-order valence-electron chi connectivity index (χ0n) is 16.4. The minimum atomic E-state index is -0.121. The molecule has 0 bridgehead atoms. The number of hydrogen-bond donors (Lipinski definition) is 1. The molecule has 0 fully saturated rings. The number of rotatable bonds is 6. The van der Waals surface area contributed by atoms with Gasteiger partial charge in [-0.2, -0.15) is 0 Å². The maximum Gasteiger partial charge on any atom is 0.234 e. The number of carbonyl (C=O) groups excluding carboxylic acids is 1. The van der Waals surface area contributed by atoms with Gasteiger partial charge in [0.25, 0.3) is 0 Å². The standard InChI is InChI=1S/C21H23ClN4OS2/c1-3-13-8-9-17-14(10-13)11-18(29-17)20-24-25-21(26(20)2)28-12-19(27)23-16-7-5-4-6-15(16)22/h4-7,11,13H,3,8-10,12H2,1-2H3,(H,23,27). The van der Waals surface area contributed by atoms with Crippen LogP contribution in [0.15, 0.2) is 35.5 Å². The Hall–Kier alpha value is -1.83. The number of carbonyl (C=O) groups is 1. The zero-order chi connectivity index (χ0) is 20.4. The monoisotopic (exact) mass is 446 g/mol. The number of hydrogen-bond acceptors (Lipinski definition) is 5. The van der Waals surface area contributed by atoms with Crippen molar-refractivity contribution in [2.75, 3.05) is 11.1 Å². The van der Waals surface area contributed by atoms with Crippen LogP contribution < -0.4 is 5.32 Å². The lowest BCUT2D eigenvalue weighted by Gasteiger charge is -2.19. The van der Waals surface area contributed by atoms with Crippen molar-refractivity contribution in [3.63, 3.8) is 0 Å². The molecule has 1 atom stereocenters. The SMILES string of the molecule is CCC1CCc2sc(-c3nnc(SCC(=O)Nc4ccccc4Cl)n3C)cc2C1. The summed E-state index contributed by atoms with van der Waals surface area (Å²) in [5.74, 6) is 1.79. The molecule has 2 heterocycles. The van der Waals surface area contributed by atoms with E-state index >= 15 is 0 Å². The predicted octanol–water partition coefficient (Wildman–Crippen LogP) is 5.44. The lowest BCUT2D eigenvalue weighted by molar-refractivity contribution is -0.113. The number of fused-ring (bicyclic) bond motifs is 1. The second-order valence-electron chi connectivity index (χ2n) is 7.26. The van der Waals surface area contributed by atoms with E-state index in [0.29, 0.717) is 10.7 Å². The Morgan fingerprint density at radius 2 is 2.21 bits per heavy atom. The van der Waals surface area contributed by atoms with Gasteiger partial charge in [0.1, 0.15) is 0 Å². The third kappa shape index (κ3) is 4.52. The first-order chi connectivity index (χ1) is 14.0. The fourth-order valence-corrected chi connectivity index (χ4v) is 5.71. The lowest BCUT2D eigenvalue weighted by atomic mass is 9.87. The van der Waals surface area contributed by atoms with Crippen LogP contribution in [0, 0.1) is 5.92 Å². The number of nitrogens with one attached hydrogen (secondary N) is 1. The number of anilines is 1. The van der Waals surface area contributed by atoms with E-state index in [2.05, 4.69) is 28.5 Å². The van der Waals surface area contributed by atoms with Crippen molar-refractivity contribution >= 4 is 46.3 Å². The van der Waals surface area contributed by atoms with Crippen molar-refractivity contribution in [1.29, 1.82) is 0 Å². The van der Waals surface area contributed by atoms with Crippen molar-refractivity contribution in [3.05, 3.63) is 45.8 Å². The molecule has 4 rings (SSSR count). The second kappa shape index (κ2) is 8.90. The molecular formula is C21H23ClN4OS2. The number of thiophene rings is 1. The first-order valence-corrected chi connectivity index (χ1v) is 11.9. The Kier molecular flexibility index (Phi) is 6.27. The molecule has 0 saturated heterocycles. The van der Waals surface area contributed by atoms with Gasteiger partial charge in [-0.1, -0.05) is 48.8 Å². The molecule has 1 aromatic carbocycles. The van der Waals surface area contributed by atoms with Crippen LogP contribution in [0.1, 0.15) is 30.2 Å². The second-order valence-corrected chi connectivity index (χ2v) is 9.74. The third-order valence-corrected chi connectivity index (χ3v) is 7.88. The number of halogens is 1. The number of para-hydroxylation sites is 1. The molecule has 1 N–H and O–H groups in total. The van der Waals surface area contributed by atoms with E-state index in [4.69, 9.17) is 11.6 Å². The molecule has 1 aliphatic rings. The van der Waals surface area contributed by atoms with Crippen molar-refractivity contribution in [2.45, 2.75) is 37.8 Å². The first kappa shape index (κ1) is 20.4. The van der Waals surface area contributed by atoms with Gasteiger partial charge in [0, 0.05) is 11.9 Å². The number of thioether (sulfide) groups is 1. The number of aromatic nitrogens is 3. The summed E-state index contributed by atoms with van der Waals surface area (Å²) in [6.07, 6.45) is 4.86. The highest BCUT2D eigenvalue weighted by Gasteiger charge is 2.22. The van der Waals surface area contributed by atoms with E-state index in [9.17, 15) is 4.79 Å². The molecule has 0 spiro atoms. The molecule has 1 aliphatic carbocycles. The normalized spacial score (nSPS) is 15.9. The summed E-state index contributed by atoms with van der Waals surface area (Å²) in [4.78, 5) is 14.9. The van der Waals surface area contributed by atoms with Gasteiger partial charge in [0.15, 0.2) is 11.0 Å². The molecule has 8 heteroatoms. The minimum Gasteiger partial charge on any atom is -0.324 e. The van der Waals surface area contributed by atoms with Crippen molar-refractivity contribution < 1.29 is 4.79 Å². The number of benzene rings is 1. The van der Waals surface area contributed by atoms with Gasteiger partial charge in [-0.3, -0.25) is 4.79 Å². The van der Waals surface area contributed by atoms with E-state index in [1.807, 2.05) is 35.1 Å². The van der Waals surface area contributed by atoms with E-state index < -0.39 is 0 Å². The van der Waals surface area contributed by atoms with Crippen LogP contribution in [-0.2, 0) is 24.7 Å². The third-order valence-electron chi connectivity index (χ3n) is 5.30. The van der Waals surface area contributed by atoms with E-state index in [1.54, 1.807) is 12.1 Å². The van der Waals surface area contributed by atoms with Gasteiger partial charge in [-0.25, -0.2) is 0 Å². The molecule has 29 heavy (non-hydrogen) atoms. The smallest absolute Gasteiger partial charge is 0.234 e. The quantitative estimate of drug-likeness (QED) is 0.512. The van der Waals surface area contributed by atoms with Crippen LogP contribution in [0.2, 0.25) is 5.02 Å². The molecule has 5 nitrogen and oxygen atoms in total. The van der Waals surface area contributed by atoms with Gasteiger partial charge in [0.2, 0.25) is 5.91 Å². The van der Waals surface area contributed by atoms with Crippen LogP contribution in [0.25, 0.3) is 10.7 Å². The van der Waals surface area contributed by atoms with Crippen LogP contribution >= 0.6 is 34.7 Å². The van der Waals surface area contributed by atoms with E-state index in [0.717, 1.165) is 21.8 Å². The topological polar surface area (TPSA) is 59.8 Å². The summed E-state index contributed by atoms with van der Waals surface area (Å²) >= 11 is 9.30. The molecule has 1 unspecified atom stereocenters. The average molecular weight is 447 g/mol. The van der Waals surface area contributed by atoms with Gasteiger partial charge in [0.05, 0.1) is 21.3 Å². The fourth-order valence-electron chi connectivity index (χ4n) is 3.59. The van der Waals surface area contributed by atoms with Gasteiger partial charge in [-0.15, -0.1) is 21.5 Å². The Balaban J connectivity index is 1.42. The molecular weight excluding hydrogens is 424 g/mol. The maximum absolute atomic E-state index is 12.3. The van der Waals surface area contributed by atoms with Crippen molar-refractivity contribution in [3.8, 4) is 10.7 Å². The Bertz CT molecular complexity index is 1030. The predicted molar refractivity (Wildman–Crippen MR) is 121 cm³/mol. The largest absolute Gasteiger partial charge is 0.324 e. The van der Waals surface area contributed by atoms with Gasteiger partial charge in [-0.05, 0) is 48.9 Å². The molecule has 0 saturated carbocycles. The summed E-state index contributed by atoms with van der Waals surface area (Å²) in [6.45, 7) is 2.27. The number of aryl methyl sites for hydroxylation is 1. The molecule has 3 aromatic rings. The molecule has 152 valence electrons. The van der Waals surface area contributed by atoms with Crippen molar-refractivity contribution in [1.82, 2.24) is 14.8 Å². The summed E-state index contributed by atoms with van der Waals surface area (Å²) < 4.78 is 1.97.